The van der Waals surface area contributed by atoms with Gasteiger partial charge in [-0.05, 0) is 48.2 Å². The molecular weight excluding hydrogens is 520 g/mol. The van der Waals surface area contributed by atoms with Crippen molar-refractivity contribution in [3.8, 4) is 28.7 Å². The number of hydrogen-bond acceptors (Lipinski definition) is 10. The highest BCUT2D eigenvalue weighted by Crippen LogP contribution is 2.63. The van der Waals surface area contributed by atoms with Gasteiger partial charge in [0.05, 0.1) is 0 Å². The van der Waals surface area contributed by atoms with Crippen molar-refractivity contribution in [1.29, 1.82) is 0 Å². The van der Waals surface area contributed by atoms with Crippen molar-refractivity contribution in [2.24, 2.45) is 0 Å². The van der Waals surface area contributed by atoms with Crippen molar-refractivity contribution < 1.29 is 49.3 Å². The number of ether oxygens (including phenoxy) is 3. The highest BCUT2D eigenvalue weighted by atomic mass is 16.6. The quantitative estimate of drug-likeness (QED) is 0.323. The molecule has 5 N–H and O–H groups in total. The van der Waals surface area contributed by atoms with Crippen molar-refractivity contribution in [1.82, 2.24) is 0 Å². The number of fused-ring (bicyclic) bond motifs is 1. The molecule has 3 heterocycles. The minimum Gasteiger partial charge on any atom is -0.508 e. The van der Waals surface area contributed by atoms with Gasteiger partial charge in [0.1, 0.15) is 40.4 Å². The third-order valence-corrected chi connectivity index (χ3v) is 7.94. The van der Waals surface area contributed by atoms with Crippen LogP contribution in [0.4, 0.5) is 0 Å². The lowest BCUT2D eigenvalue weighted by Gasteiger charge is -2.48. The molecule has 0 bridgehead atoms. The van der Waals surface area contributed by atoms with E-state index in [1.165, 1.54) is 36.4 Å². The Hall–Kier alpha value is -4.96. The monoisotopic (exact) mass is 542 g/mol. The average Bonchev–Trinajstić information content (AvgIpc) is 3.19. The first-order chi connectivity index (χ1) is 19.1. The molecule has 1 fully saturated rings. The number of aromatic hydroxyl groups is 4. The summed E-state index contributed by atoms with van der Waals surface area (Å²) in [6.07, 6.45) is -0.293. The molecule has 0 unspecified atom stereocenters. The number of Topliss-reactive ketones (excluding diaryl/α,β-unsaturated/α-hetero) is 1. The molecule has 7 rings (SSSR count). The number of carbonyl (C=O) groups excluding carboxylic acids is 2. The van der Waals surface area contributed by atoms with Gasteiger partial charge in [-0.15, -0.1) is 0 Å². The molecular formula is C30H22O10. The summed E-state index contributed by atoms with van der Waals surface area (Å²) in [6.45, 7) is 0. The Morgan fingerprint density at radius 3 is 2.12 bits per heavy atom. The second kappa shape index (κ2) is 8.03. The molecule has 4 atom stereocenters. The maximum absolute atomic E-state index is 14.3. The predicted molar refractivity (Wildman–Crippen MR) is 136 cm³/mol. The van der Waals surface area contributed by atoms with Crippen LogP contribution in [0.15, 0.2) is 83.8 Å². The number of benzene rings is 3. The second-order valence-electron chi connectivity index (χ2n) is 10.2. The second-order valence-corrected chi connectivity index (χ2v) is 10.2. The van der Waals surface area contributed by atoms with Crippen molar-refractivity contribution in [2.45, 2.75) is 36.3 Å². The fourth-order valence-corrected chi connectivity index (χ4v) is 6.07. The van der Waals surface area contributed by atoms with Crippen molar-refractivity contribution in [3.05, 3.63) is 101 Å². The van der Waals surface area contributed by atoms with E-state index in [2.05, 4.69) is 0 Å². The third kappa shape index (κ3) is 3.02. The van der Waals surface area contributed by atoms with Gasteiger partial charge >= 0.3 is 0 Å². The van der Waals surface area contributed by atoms with Gasteiger partial charge < -0.3 is 39.7 Å². The summed E-state index contributed by atoms with van der Waals surface area (Å²) < 4.78 is 18.9. The predicted octanol–water partition coefficient (Wildman–Crippen LogP) is 3.60. The number of phenols is 4. The zero-order valence-electron chi connectivity index (χ0n) is 20.7. The number of aliphatic hydroxyl groups is 1. The highest BCUT2D eigenvalue weighted by Gasteiger charge is 2.78. The van der Waals surface area contributed by atoms with E-state index in [9.17, 15) is 35.1 Å². The highest BCUT2D eigenvalue weighted by molar-refractivity contribution is 6.13. The van der Waals surface area contributed by atoms with Gasteiger partial charge in [-0.2, -0.15) is 0 Å². The van der Waals surface area contributed by atoms with Crippen LogP contribution in [-0.2, 0) is 14.3 Å². The maximum Gasteiger partial charge on any atom is 0.262 e. The summed E-state index contributed by atoms with van der Waals surface area (Å²) in [5.41, 5.74) is -3.99. The summed E-state index contributed by atoms with van der Waals surface area (Å²) in [4.78, 5) is 27.6. The molecule has 4 aliphatic rings. The van der Waals surface area contributed by atoms with Crippen LogP contribution in [0.1, 0.15) is 46.5 Å². The lowest BCUT2D eigenvalue weighted by atomic mass is 9.67. The van der Waals surface area contributed by atoms with Crippen LogP contribution in [0.25, 0.3) is 0 Å². The first kappa shape index (κ1) is 24.1. The minimum atomic E-state index is -2.59. The molecule has 3 aromatic carbocycles. The number of hydrogen-bond donors (Lipinski definition) is 5. The standard InChI is InChI=1S/C30H22O10/c31-16-5-1-14(2-6-16)22-10-9-19-20(34)13-24-30(28(19)38-22)29(37,27(39-24)15-3-7-17(32)8-4-15)26(36)25-21(35)11-18(33)12-23(25)40-30/h1-8,11-13,22,27,31-33,35,37H,9-10H2/t22-,27+,29-,30+/m1/s1. The maximum atomic E-state index is 14.3. The molecule has 3 aromatic rings. The largest absolute Gasteiger partial charge is 0.508 e. The van der Waals surface area contributed by atoms with Crippen LogP contribution >= 0.6 is 0 Å². The SMILES string of the molecule is O=C1C=C2O[C@@H](c3ccc(O)cc3)[C@]3(O)C(=O)c4c(O)cc(O)cc4O[C@]23C2=C1CC[C@H](c1ccc(O)cc1)O2. The molecule has 0 aromatic heterocycles. The van der Waals surface area contributed by atoms with E-state index in [0.29, 0.717) is 12.0 Å². The molecule has 10 nitrogen and oxygen atoms in total. The van der Waals surface area contributed by atoms with E-state index in [4.69, 9.17) is 14.2 Å². The van der Waals surface area contributed by atoms with Crippen LogP contribution in [0.3, 0.4) is 0 Å². The van der Waals surface area contributed by atoms with Gasteiger partial charge in [0.25, 0.3) is 5.60 Å². The average molecular weight is 542 g/mol. The molecule has 0 amide bonds. The summed E-state index contributed by atoms with van der Waals surface area (Å²) in [6, 6.07) is 14.0. The summed E-state index contributed by atoms with van der Waals surface area (Å²) in [5.74, 6) is -2.92. The van der Waals surface area contributed by atoms with Crippen LogP contribution in [0.2, 0.25) is 0 Å². The Bertz CT molecular complexity index is 1670. The Balaban J connectivity index is 1.47. The Kier molecular flexibility index (Phi) is 4.84. The molecule has 1 saturated heterocycles. The van der Waals surface area contributed by atoms with E-state index >= 15 is 0 Å². The van der Waals surface area contributed by atoms with Gasteiger partial charge in [0.2, 0.25) is 11.4 Å². The normalized spacial score (nSPS) is 28.3. The Morgan fingerprint density at radius 1 is 0.800 bits per heavy atom. The zero-order chi connectivity index (χ0) is 28.0. The number of ketones is 2. The third-order valence-electron chi connectivity index (χ3n) is 7.94. The number of allylic oxidation sites excluding steroid dienone is 2. The summed E-state index contributed by atoms with van der Waals surface area (Å²) >= 11 is 0. The Labute approximate surface area is 226 Å². The van der Waals surface area contributed by atoms with E-state index in [1.807, 2.05) is 0 Å². The number of phenolic OH excluding ortho intramolecular Hbond substituents is 4. The fourth-order valence-electron chi connectivity index (χ4n) is 6.07. The Morgan fingerprint density at radius 2 is 1.45 bits per heavy atom. The van der Waals surface area contributed by atoms with Crippen molar-refractivity contribution in [3.63, 3.8) is 0 Å². The van der Waals surface area contributed by atoms with Gasteiger partial charge in [-0.25, -0.2) is 0 Å². The van der Waals surface area contributed by atoms with Gasteiger partial charge in [-0.3, -0.25) is 9.59 Å². The first-order valence-corrected chi connectivity index (χ1v) is 12.6. The number of rotatable bonds is 2. The van der Waals surface area contributed by atoms with Crippen molar-refractivity contribution in [2.75, 3.05) is 0 Å². The summed E-state index contributed by atoms with van der Waals surface area (Å²) in [5, 5.41) is 53.0. The van der Waals surface area contributed by atoms with E-state index in [1.54, 1.807) is 12.1 Å². The molecule has 0 saturated carbocycles. The van der Waals surface area contributed by atoms with Crippen LogP contribution in [-0.4, -0.2) is 48.3 Å². The van der Waals surface area contributed by atoms with E-state index in [0.717, 1.165) is 18.2 Å². The lowest BCUT2D eigenvalue weighted by Crippen LogP contribution is -2.66. The molecule has 40 heavy (non-hydrogen) atoms. The molecule has 10 heteroatoms. The van der Waals surface area contributed by atoms with Crippen molar-refractivity contribution >= 4 is 11.6 Å². The van der Waals surface area contributed by atoms with Crippen LogP contribution < -0.4 is 4.74 Å². The van der Waals surface area contributed by atoms with Gasteiger partial charge in [0.15, 0.2) is 23.4 Å². The molecule has 0 radical (unpaired) electrons. The van der Waals surface area contributed by atoms with Gasteiger partial charge in [0, 0.05) is 23.8 Å². The zero-order valence-corrected chi connectivity index (χ0v) is 20.7. The topological polar surface area (TPSA) is 163 Å². The molecule has 1 aliphatic carbocycles. The number of carbonyl (C=O) groups is 2. The minimum absolute atomic E-state index is 0.0581. The van der Waals surface area contributed by atoms with E-state index < -0.39 is 46.5 Å². The summed E-state index contributed by atoms with van der Waals surface area (Å²) in [7, 11) is 0. The lowest BCUT2D eigenvalue weighted by molar-refractivity contribution is -0.121. The molecule has 3 aliphatic heterocycles. The first-order valence-electron chi connectivity index (χ1n) is 12.6. The van der Waals surface area contributed by atoms with Crippen LogP contribution in [0.5, 0.6) is 28.7 Å². The molecule has 202 valence electrons. The van der Waals surface area contributed by atoms with Gasteiger partial charge in [-0.1, -0.05) is 24.3 Å². The fraction of sp³-hybridized carbons (Fsp3) is 0.200. The van der Waals surface area contributed by atoms with Crippen LogP contribution in [0, 0.1) is 0 Å². The molecule has 1 spiro atoms. The smallest absolute Gasteiger partial charge is 0.262 e. The van der Waals surface area contributed by atoms with E-state index in [-0.39, 0.29) is 51.9 Å².